The molecule has 1 aromatic heterocycles. The Kier molecular flexibility index (Phi) is 3.54. The Hall–Kier alpha value is -2.11. The molecule has 0 aliphatic carbocycles. The Bertz CT molecular complexity index is 739. The molecule has 0 fully saturated rings. The molecule has 0 atom stereocenters. The normalized spacial score (nSPS) is 10.8. The van der Waals surface area contributed by atoms with Crippen LogP contribution in [-0.4, -0.2) is 12.1 Å². The number of nitrogen functional groups attached to an aromatic ring is 1. The van der Waals surface area contributed by atoms with Crippen LogP contribution >= 0.6 is 11.3 Å². The summed E-state index contributed by atoms with van der Waals surface area (Å²) in [5.41, 5.74) is 12.5. The van der Waals surface area contributed by atoms with Gasteiger partial charge in [0.1, 0.15) is 5.52 Å². The summed E-state index contributed by atoms with van der Waals surface area (Å²) in [7, 11) is 1.69. The molecular weight excluding hydrogens is 270 g/mol. The number of rotatable bonds is 4. The topological polar surface area (TPSA) is 60.2 Å². The molecule has 0 radical (unpaired) electrons. The van der Waals surface area contributed by atoms with E-state index in [-0.39, 0.29) is 0 Å². The highest BCUT2D eigenvalue weighted by molar-refractivity contribution is 7.16. The van der Waals surface area contributed by atoms with Crippen LogP contribution in [0, 0.1) is 0 Å². The molecule has 0 saturated heterocycles. The molecule has 0 aliphatic heterocycles. The van der Waals surface area contributed by atoms with Crippen molar-refractivity contribution in [3.63, 3.8) is 0 Å². The number of hydrogen-bond acceptors (Lipinski definition) is 5. The summed E-state index contributed by atoms with van der Waals surface area (Å²) >= 11 is 1.59. The molecule has 5 heteroatoms. The Morgan fingerprint density at radius 2 is 2.05 bits per heavy atom. The lowest BCUT2D eigenvalue weighted by atomic mass is 10.1. The van der Waals surface area contributed by atoms with Gasteiger partial charge in [0.05, 0.1) is 28.2 Å². The number of nitrogens with two attached hydrogens (primary N) is 1. The van der Waals surface area contributed by atoms with E-state index < -0.39 is 0 Å². The number of hydrogen-bond donors (Lipinski definition) is 2. The second-order valence-electron chi connectivity index (χ2n) is 4.44. The van der Waals surface area contributed by atoms with Crippen molar-refractivity contribution in [1.29, 1.82) is 0 Å². The number of aromatic nitrogens is 1. The van der Waals surface area contributed by atoms with Gasteiger partial charge in [-0.25, -0.2) is 4.98 Å². The maximum Gasteiger partial charge on any atom is 0.106 e. The lowest BCUT2D eigenvalue weighted by Gasteiger charge is -2.13. The Morgan fingerprint density at radius 1 is 1.20 bits per heavy atom. The van der Waals surface area contributed by atoms with E-state index in [1.165, 1.54) is 0 Å². The van der Waals surface area contributed by atoms with Gasteiger partial charge in [0, 0.05) is 18.4 Å². The fourth-order valence-electron chi connectivity index (χ4n) is 2.13. The van der Waals surface area contributed by atoms with Crippen molar-refractivity contribution in [2.24, 2.45) is 0 Å². The highest BCUT2D eigenvalue weighted by atomic mass is 32.1. The van der Waals surface area contributed by atoms with Crippen molar-refractivity contribution in [1.82, 2.24) is 4.98 Å². The largest absolute Gasteiger partial charge is 0.395 e. The molecule has 3 N–H and O–H groups in total. The van der Waals surface area contributed by atoms with Crippen LogP contribution in [0.2, 0.25) is 0 Å². The first kappa shape index (κ1) is 12.9. The minimum atomic E-state index is 0.558. The number of nitrogens with zero attached hydrogens (tertiary/aromatic N) is 1. The molecule has 3 rings (SSSR count). The number of nitrogens with one attached hydrogen (secondary N) is 1. The summed E-state index contributed by atoms with van der Waals surface area (Å²) < 4.78 is 6.31. The van der Waals surface area contributed by atoms with Gasteiger partial charge in [-0.1, -0.05) is 18.2 Å². The van der Waals surface area contributed by atoms with Gasteiger partial charge in [-0.3, -0.25) is 0 Å². The molecule has 0 bridgehead atoms. The molecule has 3 aromatic rings. The van der Waals surface area contributed by atoms with Crippen LogP contribution in [0.3, 0.4) is 0 Å². The summed E-state index contributed by atoms with van der Waals surface area (Å²) in [5, 5.41) is 3.37. The Morgan fingerprint density at radius 3 is 2.90 bits per heavy atom. The average molecular weight is 285 g/mol. The fourth-order valence-corrected chi connectivity index (χ4v) is 2.82. The van der Waals surface area contributed by atoms with Crippen molar-refractivity contribution in [2.45, 2.75) is 6.61 Å². The second-order valence-corrected chi connectivity index (χ2v) is 5.33. The summed E-state index contributed by atoms with van der Waals surface area (Å²) in [6, 6.07) is 12.0. The number of benzene rings is 2. The minimum Gasteiger partial charge on any atom is -0.395 e. The lowest BCUT2D eigenvalue weighted by Crippen LogP contribution is -2.00. The summed E-state index contributed by atoms with van der Waals surface area (Å²) in [5.74, 6) is 0. The molecule has 2 aromatic carbocycles. The van der Waals surface area contributed by atoms with Gasteiger partial charge in [0.2, 0.25) is 0 Å². The van der Waals surface area contributed by atoms with E-state index in [0.717, 1.165) is 27.2 Å². The monoisotopic (exact) mass is 285 g/mol. The van der Waals surface area contributed by atoms with Crippen LogP contribution in [0.15, 0.2) is 41.9 Å². The third kappa shape index (κ3) is 2.33. The highest BCUT2D eigenvalue weighted by Crippen LogP contribution is 2.32. The van der Waals surface area contributed by atoms with E-state index in [2.05, 4.69) is 10.3 Å². The quantitative estimate of drug-likeness (QED) is 0.716. The molecule has 0 saturated carbocycles. The zero-order chi connectivity index (χ0) is 13.9. The SMILES string of the molecule is COCc1ccccc1Nc1ccc2scnc2c1N. The first-order valence-electron chi connectivity index (χ1n) is 6.25. The van der Waals surface area contributed by atoms with E-state index in [1.807, 2.05) is 41.9 Å². The number of ether oxygens (including phenoxy) is 1. The standard InChI is InChI=1S/C15H15N3OS/c1-19-8-10-4-2-3-5-11(10)18-12-6-7-13-15(14(12)16)17-9-20-13/h2-7,9,18H,8,16H2,1H3. The van der Waals surface area contributed by atoms with Gasteiger partial charge in [-0.2, -0.15) is 0 Å². The van der Waals surface area contributed by atoms with E-state index in [9.17, 15) is 0 Å². The molecule has 20 heavy (non-hydrogen) atoms. The average Bonchev–Trinajstić information content (AvgIpc) is 2.93. The lowest BCUT2D eigenvalue weighted by molar-refractivity contribution is 0.185. The zero-order valence-corrected chi connectivity index (χ0v) is 11.9. The smallest absolute Gasteiger partial charge is 0.106 e. The molecule has 0 spiro atoms. The molecule has 1 heterocycles. The van der Waals surface area contributed by atoms with Crippen molar-refractivity contribution in [2.75, 3.05) is 18.2 Å². The summed E-state index contributed by atoms with van der Waals surface area (Å²) in [6.45, 7) is 0.558. The van der Waals surface area contributed by atoms with Crippen LogP contribution in [0.5, 0.6) is 0 Å². The van der Waals surface area contributed by atoms with Crippen LogP contribution in [0.1, 0.15) is 5.56 Å². The van der Waals surface area contributed by atoms with E-state index >= 15 is 0 Å². The second kappa shape index (κ2) is 5.48. The van der Waals surface area contributed by atoms with Gasteiger partial charge >= 0.3 is 0 Å². The molecular formula is C15H15N3OS. The van der Waals surface area contributed by atoms with Crippen molar-refractivity contribution in [3.8, 4) is 0 Å². The first-order chi connectivity index (χ1) is 9.79. The Labute approximate surface area is 121 Å². The minimum absolute atomic E-state index is 0.558. The molecule has 0 unspecified atom stereocenters. The highest BCUT2D eigenvalue weighted by Gasteiger charge is 2.08. The van der Waals surface area contributed by atoms with Crippen LogP contribution in [-0.2, 0) is 11.3 Å². The van der Waals surface area contributed by atoms with Gasteiger partial charge in [-0.05, 0) is 18.2 Å². The zero-order valence-electron chi connectivity index (χ0n) is 11.1. The fraction of sp³-hybridized carbons (Fsp3) is 0.133. The third-order valence-electron chi connectivity index (χ3n) is 3.13. The number of thiazole rings is 1. The summed E-state index contributed by atoms with van der Waals surface area (Å²) in [6.07, 6.45) is 0. The Balaban J connectivity index is 1.99. The molecule has 4 nitrogen and oxygen atoms in total. The predicted molar refractivity (Wildman–Crippen MR) is 84.5 cm³/mol. The molecule has 0 aliphatic rings. The van der Waals surface area contributed by atoms with Crippen molar-refractivity contribution in [3.05, 3.63) is 47.5 Å². The maximum absolute atomic E-state index is 6.19. The maximum atomic E-state index is 6.19. The van der Waals surface area contributed by atoms with E-state index in [4.69, 9.17) is 10.5 Å². The summed E-state index contributed by atoms with van der Waals surface area (Å²) in [4.78, 5) is 4.31. The predicted octanol–water partition coefficient (Wildman–Crippen LogP) is 3.77. The van der Waals surface area contributed by atoms with E-state index in [1.54, 1.807) is 18.4 Å². The van der Waals surface area contributed by atoms with Crippen molar-refractivity contribution < 1.29 is 4.74 Å². The van der Waals surface area contributed by atoms with Crippen LogP contribution < -0.4 is 11.1 Å². The van der Waals surface area contributed by atoms with Gasteiger partial charge in [-0.15, -0.1) is 11.3 Å². The number of para-hydroxylation sites is 1. The number of anilines is 3. The van der Waals surface area contributed by atoms with Gasteiger partial charge in [0.15, 0.2) is 0 Å². The van der Waals surface area contributed by atoms with Gasteiger partial charge < -0.3 is 15.8 Å². The van der Waals surface area contributed by atoms with Crippen LogP contribution in [0.25, 0.3) is 10.2 Å². The number of fused-ring (bicyclic) bond motifs is 1. The van der Waals surface area contributed by atoms with E-state index in [0.29, 0.717) is 12.3 Å². The van der Waals surface area contributed by atoms with Crippen molar-refractivity contribution >= 4 is 38.6 Å². The van der Waals surface area contributed by atoms with Crippen LogP contribution in [0.4, 0.5) is 17.1 Å². The molecule has 0 amide bonds. The first-order valence-corrected chi connectivity index (χ1v) is 7.13. The molecule has 102 valence electrons. The van der Waals surface area contributed by atoms with Gasteiger partial charge in [0.25, 0.3) is 0 Å². The number of methoxy groups -OCH3 is 1. The third-order valence-corrected chi connectivity index (χ3v) is 3.92.